The molecule has 1 aromatic carbocycles. The lowest BCUT2D eigenvalue weighted by atomic mass is 10.2. The van der Waals surface area contributed by atoms with Crippen LogP contribution in [0.5, 0.6) is 0 Å². The van der Waals surface area contributed by atoms with Crippen molar-refractivity contribution in [2.45, 2.75) is 25.9 Å². The predicted molar refractivity (Wildman–Crippen MR) is 91.3 cm³/mol. The van der Waals surface area contributed by atoms with Crippen molar-refractivity contribution in [3.63, 3.8) is 0 Å². The van der Waals surface area contributed by atoms with Gasteiger partial charge in [-0.3, -0.25) is 4.79 Å². The molecule has 3 rings (SSSR count). The number of nitrogens with zero attached hydrogens (tertiary/aromatic N) is 2. The zero-order valence-corrected chi connectivity index (χ0v) is 14.3. The first-order valence-electron chi connectivity index (χ1n) is 7.97. The summed E-state index contributed by atoms with van der Waals surface area (Å²) in [5.74, 6) is 0.0911. The second-order valence-electron chi connectivity index (χ2n) is 6.25. The normalized spacial score (nSPS) is 19.6. The number of hydrogen-bond donors (Lipinski definition) is 1. The molecule has 0 bridgehead atoms. The van der Waals surface area contributed by atoms with Crippen LogP contribution in [0.25, 0.3) is 10.8 Å². The van der Waals surface area contributed by atoms with Crippen molar-refractivity contribution in [2.24, 2.45) is 5.92 Å². The third kappa shape index (κ3) is 4.00. The lowest BCUT2D eigenvalue weighted by Gasteiger charge is -2.16. The summed E-state index contributed by atoms with van der Waals surface area (Å²) in [4.78, 5) is 12.4. The van der Waals surface area contributed by atoms with E-state index in [0.717, 1.165) is 11.8 Å². The van der Waals surface area contributed by atoms with Crippen molar-refractivity contribution in [2.75, 3.05) is 19.0 Å². The van der Waals surface area contributed by atoms with E-state index in [9.17, 15) is 13.2 Å². The summed E-state index contributed by atoms with van der Waals surface area (Å²) < 4.78 is 33.6. The zero-order valence-electron chi connectivity index (χ0n) is 13.5. The first kappa shape index (κ1) is 17.1. The SMILES string of the molecule is CC(Cn1ncc2ccccc2c1=O)NS(=O)(=O)CC1CCOC1. The monoisotopic (exact) mass is 351 g/mol. The quantitative estimate of drug-likeness (QED) is 0.829. The van der Waals surface area contributed by atoms with Crippen LogP contribution in [-0.4, -0.2) is 43.2 Å². The van der Waals surface area contributed by atoms with Crippen LogP contribution in [0, 0.1) is 5.92 Å². The van der Waals surface area contributed by atoms with Crippen molar-refractivity contribution in [1.29, 1.82) is 0 Å². The smallest absolute Gasteiger partial charge is 0.274 e. The first-order valence-corrected chi connectivity index (χ1v) is 9.62. The number of fused-ring (bicyclic) bond motifs is 1. The summed E-state index contributed by atoms with van der Waals surface area (Å²) in [5, 5.41) is 5.48. The highest BCUT2D eigenvalue weighted by Crippen LogP contribution is 2.14. The fraction of sp³-hybridized carbons (Fsp3) is 0.500. The molecular formula is C16H21N3O4S. The molecule has 2 aromatic rings. The molecule has 0 saturated carbocycles. The fourth-order valence-electron chi connectivity index (χ4n) is 2.93. The van der Waals surface area contributed by atoms with Gasteiger partial charge in [-0.1, -0.05) is 18.2 Å². The average Bonchev–Trinajstić information content (AvgIpc) is 3.02. The van der Waals surface area contributed by atoms with Crippen molar-refractivity contribution < 1.29 is 13.2 Å². The van der Waals surface area contributed by atoms with Crippen molar-refractivity contribution in [3.05, 3.63) is 40.8 Å². The van der Waals surface area contributed by atoms with Crippen LogP contribution in [0.3, 0.4) is 0 Å². The maximum atomic E-state index is 12.4. The topological polar surface area (TPSA) is 90.3 Å². The molecule has 0 spiro atoms. The number of hydrogen-bond acceptors (Lipinski definition) is 5. The number of nitrogens with one attached hydrogen (secondary N) is 1. The van der Waals surface area contributed by atoms with Gasteiger partial charge in [-0.2, -0.15) is 5.10 Å². The molecule has 0 radical (unpaired) electrons. The summed E-state index contributed by atoms with van der Waals surface area (Å²) >= 11 is 0. The van der Waals surface area contributed by atoms with E-state index in [1.165, 1.54) is 4.68 Å². The molecule has 1 N–H and O–H groups in total. The second-order valence-corrected chi connectivity index (χ2v) is 8.05. The van der Waals surface area contributed by atoms with Gasteiger partial charge in [0, 0.05) is 18.0 Å². The van der Waals surface area contributed by atoms with Gasteiger partial charge in [0.1, 0.15) is 0 Å². The molecule has 2 atom stereocenters. The van der Waals surface area contributed by atoms with Crippen molar-refractivity contribution in [3.8, 4) is 0 Å². The Kier molecular flexibility index (Phi) is 4.98. The fourth-order valence-corrected chi connectivity index (χ4v) is 4.60. The van der Waals surface area contributed by atoms with Crippen LogP contribution in [-0.2, 0) is 21.3 Å². The minimum absolute atomic E-state index is 0.0382. The molecule has 1 fully saturated rings. The molecule has 1 saturated heterocycles. The van der Waals surface area contributed by atoms with E-state index < -0.39 is 16.1 Å². The molecule has 1 aliphatic rings. The van der Waals surface area contributed by atoms with Crippen molar-refractivity contribution in [1.82, 2.24) is 14.5 Å². The third-order valence-electron chi connectivity index (χ3n) is 4.07. The highest BCUT2D eigenvalue weighted by Gasteiger charge is 2.24. The molecule has 8 heteroatoms. The Labute approximate surface area is 140 Å². The molecule has 24 heavy (non-hydrogen) atoms. The Morgan fingerprint density at radius 3 is 2.96 bits per heavy atom. The van der Waals surface area contributed by atoms with Crippen LogP contribution >= 0.6 is 0 Å². The van der Waals surface area contributed by atoms with Gasteiger partial charge in [0.05, 0.1) is 30.5 Å². The number of ether oxygens (including phenoxy) is 1. The van der Waals surface area contributed by atoms with E-state index in [-0.39, 0.29) is 23.8 Å². The molecule has 2 unspecified atom stereocenters. The highest BCUT2D eigenvalue weighted by atomic mass is 32.2. The molecule has 1 aromatic heterocycles. The van der Waals surface area contributed by atoms with Gasteiger partial charge in [0.15, 0.2) is 0 Å². The second kappa shape index (κ2) is 7.00. The van der Waals surface area contributed by atoms with Crippen LogP contribution in [0.4, 0.5) is 0 Å². The zero-order chi connectivity index (χ0) is 17.2. The number of benzene rings is 1. The summed E-state index contributed by atoms with van der Waals surface area (Å²) in [6.45, 7) is 3.02. The standard InChI is InChI=1S/C16H21N3O4S/c1-12(18-24(21,22)11-13-6-7-23-10-13)9-19-16(20)15-5-3-2-4-14(15)8-17-19/h2-5,8,12-13,18H,6-7,9-11H2,1H3. The third-order valence-corrected chi connectivity index (χ3v) is 5.74. The number of rotatable bonds is 6. The van der Waals surface area contributed by atoms with E-state index in [1.807, 2.05) is 12.1 Å². The average molecular weight is 351 g/mol. The number of aromatic nitrogens is 2. The lowest BCUT2D eigenvalue weighted by Crippen LogP contribution is -2.41. The molecule has 1 aliphatic heterocycles. The van der Waals surface area contributed by atoms with E-state index in [2.05, 4.69) is 9.82 Å². The van der Waals surface area contributed by atoms with Gasteiger partial charge in [-0.05, 0) is 25.3 Å². The van der Waals surface area contributed by atoms with Crippen molar-refractivity contribution >= 4 is 20.8 Å². The first-order chi connectivity index (χ1) is 11.4. The van der Waals surface area contributed by atoms with Crippen LogP contribution in [0.15, 0.2) is 35.3 Å². The van der Waals surface area contributed by atoms with E-state index in [1.54, 1.807) is 25.3 Å². The number of sulfonamides is 1. The lowest BCUT2D eigenvalue weighted by molar-refractivity contribution is 0.188. The maximum absolute atomic E-state index is 12.4. The Bertz CT molecular complexity index is 872. The molecule has 7 nitrogen and oxygen atoms in total. The van der Waals surface area contributed by atoms with E-state index in [0.29, 0.717) is 18.6 Å². The molecule has 130 valence electrons. The summed E-state index contributed by atoms with van der Waals surface area (Å²) in [6.07, 6.45) is 2.38. The van der Waals surface area contributed by atoms with E-state index in [4.69, 9.17) is 4.74 Å². The van der Waals surface area contributed by atoms with Gasteiger partial charge in [-0.25, -0.2) is 17.8 Å². The molecular weight excluding hydrogens is 330 g/mol. The van der Waals surface area contributed by atoms with Crippen LogP contribution in [0.2, 0.25) is 0 Å². The highest BCUT2D eigenvalue weighted by molar-refractivity contribution is 7.89. The Morgan fingerprint density at radius 1 is 1.42 bits per heavy atom. The van der Waals surface area contributed by atoms with E-state index >= 15 is 0 Å². The van der Waals surface area contributed by atoms with Crippen LogP contribution in [0.1, 0.15) is 13.3 Å². The summed E-state index contributed by atoms with van der Waals surface area (Å²) in [7, 11) is -3.41. The Balaban J connectivity index is 1.69. The molecule has 0 amide bonds. The maximum Gasteiger partial charge on any atom is 0.274 e. The summed E-state index contributed by atoms with van der Waals surface area (Å²) in [6, 6.07) is 6.78. The predicted octanol–water partition coefficient (Wildman–Crippen LogP) is 0.741. The minimum atomic E-state index is -3.41. The Hall–Kier alpha value is -1.77. The van der Waals surface area contributed by atoms with Gasteiger partial charge in [0.2, 0.25) is 10.0 Å². The van der Waals surface area contributed by atoms with Gasteiger partial charge >= 0.3 is 0 Å². The Morgan fingerprint density at radius 2 is 2.21 bits per heavy atom. The molecule has 0 aliphatic carbocycles. The van der Waals surface area contributed by atoms with Gasteiger partial charge < -0.3 is 4.74 Å². The van der Waals surface area contributed by atoms with Crippen LogP contribution < -0.4 is 10.3 Å². The largest absolute Gasteiger partial charge is 0.381 e. The molecule has 2 heterocycles. The van der Waals surface area contributed by atoms with Gasteiger partial charge in [-0.15, -0.1) is 0 Å². The summed E-state index contributed by atoms with van der Waals surface area (Å²) in [5.41, 5.74) is -0.219. The van der Waals surface area contributed by atoms with Gasteiger partial charge in [0.25, 0.3) is 5.56 Å². The minimum Gasteiger partial charge on any atom is -0.381 e.